The van der Waals surface area contributed by atoms with Crippen LogP contribution in [0.15, 0.2) is 48.5 Å². The van der Waals surface area contributed by atoms with E-state index in [2.05, 4.69) is 6.92 Å². The molecule has 0 N–H and O–H groups in total. The highest BCUT2D eigenvalue weighted by Crippen LogP contribution is 2.32. The second-order valence-corrected chi connectivity index (χ2v) is 8.07. The molecule has 0 aliphatic heterocycles. The van der Waals surface area contributed by atoms with Crippen LogP contribution in [0, 0.1) is 0 Å². The Kier molecular flexibility index (Phi) is 15.1. The van der Waals surface area contributed by atoms with Crippen molar-refractivity contribution >= 4 is 32.5 Å². The lowest BCUT2D eigenvalue weighted by atomic mass is 9.90. The molecule has 0 saturated heterocycles. The molecule has 33 heavy (non-hydrogen) atoms. The van der Waals surface area contributed by atoms with Crippen molar-refractivity contribution in [1.82, 2.24) is 0 Å². The summed E-state index contributed by atoms with van der Waals surface area (Å²) in [7, 11) is 2.64. The van der Waals surface area contributed by atoms with Gasteiger partial charge in [-0.2, -0.15) is 0 Å². The van der Waals surface area contributed by atoms with E-state index in [1.165, 1.54) is 48.3 Å². The maximum atomic E-state index is 13.4. The van der Waals surface area contributed by atoms with Gasteiger partial charge in [0.2, 0.25) is 0 Å². The average molecular weight is 494 g/mol. The molecule has 0 bridgehead atoms. The number of unbranched alkanes of at least 4 members (excludes halogenated alkanes) is 7. The molecule has 2 unspecified atom stereocenters. The molecule has 180 valence electrons. The van der Waals surface area contributed by atoms with Crippen molar-refractivity contribution in [3.63, 3.8) is 0 Å². The van der Waals surface area contributed by atoms with Crippen LogP contribution in [-0.2, 0) is 14.1 Å². The van der Waals surface area contributed by atoms with Crippen molar-refractivity contribution in [2.24, 2.45) is 0 Å². The Morgan fingerprint density at radius 1 is 0.879 bits per heavy atom. The summed E-state index contributed by atoms with van der Waals surface area (Å²) >= 11 is 6.29. The Morgan fingerprint density at radius 2 is 1.48 bits per heavy atom. The van der Waals surface area contributed by atoms with Crippen LogP contribution in [0.2, 0.25) is 5.02 Å². The fraction of sp³-hybridized carbons (Fsp3) is 0.462. The van der Waals surface area contributed by atoms with E-state index in [0.29, 0.717) is 17.9 Å². The van der Waals surface area contributed by atoms with Crippen LogP contribution in [0.25, 0.3) is 0 Å². The van der Waals surface area contributed by atoms with Gasteiger partial charge < -0.3 is 9.47 Å². The predicted octanol–water partition coefficient (Wildman–Crippen LogP) is 7.21. The zero-order valence-corrected chi connectivity index (χ0v) is 21.5. The van der Waals surface area contributed by atoms with Crippen LogP contribution in [0.4, 0.5) is 0 Å². The third-order valence-electron chi connectivity index (χ3n) is 5.31. The first-order chi connectivity index (χ1) is 16.1. The minimum Gasteiger partial charge on any atom is -0.496 e. The highest BCUT2D eigenvalue weighted by molar-refractivity contribution is 7.00. The van der Waals surface area contributed by atoms with Crippen LogP contribution in [0.1, 0.15) is 80.1 Å². The molecule has 2 atom stereocenters. The monoisotopic (exact) mass is 493 g/mol. The summed E-state index contributed by atoms with van der Waals surface area (Å²) in [5, 5.41) is 0.251. The maximum absolute atomic E-state index is 13.4. The normalized spacial score (nSPS) is 11.1. The number of halogens is 1. The molecule has 0 amide bonds. The Bertz CT molecular complexity index is 844. The van der Waals surface area contributed by atoms with Gasteiger partial charge in [-0.05, 0) is 24.1 Å². The number of ketones is 1. The third kappa shape index (κ3) is 9.65. The SMILES string of the molecule is CCCCCCCCCCOC(=O)C(C(=O)c1c(Cl)cccc1OC)c1ccccc1.O=[PH2+]. The molecule has 0 aliphatic rings. The van der Waals surface area contributed by atoms with Crippen molar-refractivity contribution < 1.29 is 23.6 Å². The molecule has 0 fully saturated rings. The van der Waals surface area contributed by atoms with Crippen LogP contribution < -0.4 is 4.74 Å². The molecule has 0 aliphatic carbocycles. The Morgan fingerprint density at radius 3 is 2.09 bits per heavy atom. The lowest BCUT2D eigenvalue weighted by Gasteiger charge is -2.18. The molecule has 0 aromatic heterocycles. The van der Waals surface area contributed by atoms with Crippen molar-refractivity contribution in [2.75, 3.05) is 13.7 Å². The number of esters is 1. The maximum Gasteiger partial charge on any atom is 0.321 e. The quantitative estimate of drug-likeness (QED) is 0.0914. The van der Waals surface area contributed by atoms with Gasteiger partial charge in [-0.25, -0.2) is 0 Å². The summed E-state index contributed by atoms with van der Waals surface area (Å²) in [6, 6.07) is 13.9. The number of rotatable bonds is 14. The Balaban J connectivity index is 0.00000265. The number of ether oxygens (including phenoxy) is 2. The zero-order chi connectivity index (χ0) is 24.5. The second kappa shape index (κ2) is 17.3. The predicted molar refractivity (Wildman–Crippen MR) is 135 cm³/mol. The molecule has 7 heteroatoms. The first-order valence-corrected chi connectivity index (χ1v) is 12.3. The van der Waals surface area contributed by atoms with Crippen molar-refractivity contribution in [2.45, 2.75) is 64.2 Å². The van der Waals surface area contributed by atoms with E-state index in [0.717, 1.165) is 19.3 Å². The summed E-state index contributed by atoms with van der Waals surface area (Å²) in [5.74, 6) is -1.71. The fourth-order valence-corrected chi connectivity index (χ4v) is 3.85. The molecule has 2 aromatic rings. The summed E-state index contributed by atoms with van der Waals surface area (Å²) in [4.78, 5) is 26.3. The van der Waals surface area contributed by atoms with Crippen molar-refractivity contribution in [3.05, 3.63) is 64.7 Å². The summed E-state index contributed by atoms with van der Waals surface area (Å²) < 4.78 is 19.0. The molecular formula is C26H35ClO5P+. The van der Waals surface area contributed by atoms with E-state index in [1.54, 1.807) is 42.5 Å². The highest BCUT2D eigenvalue weighted by atomic mass is 35.5. The van der Waals surface area contributed by atoms with Crippen molar-refractivity contribution in [1.29, 1.82) is 0 Å². The van der Waals surface area contributed by atoms with Gasteiger partial charge in [-0.1, -0.05) is 104 Å². The summed E-state index contributed by atoms with van der Waals surface area (Å²) in [6.07, 6.45) is 9.26. The third-order valence-corrected chi connectivity index (χ3v) is 5.63. The number of carbonyl (C=O) groups excluding carboxylic acids is 2. The molecule has 0 spiro atoms. The molecule has 0 heterocycles. The fourth-order valence-electron chi connectivity index (χ4n) is 3.59. The first kappa shape index (κ1) is 28.8. The molecule has 0 saturated carbocycles. The standard InChI is InChI=1S/C26H33ClO4.H2OP/c1-3-4-5-6-7-8-9-13-19-31-26(29)23(20-15-11-10-12-16-20)25(28)24-21(27)17-14-18-22(24)30-2;1-2/h10-12,14-18,23H,3-9,13,19H2,1-2H3;2H2/q;+1. The van der Waals surface area contributed by atoms with E-state index in [9.17, 15) is 9.59 Å². The number of carbonyl (C=O) groups is 2. The van der Waals surface area contributed by atoms with Crippen molar-refractivity contribution in [3.8, 4) is 5.75 Å². The lowest BCUT2D eigenvalue weighted by Crippen LogP contribution is -2.25. The number of benzene rings is 2. The number of methoxy groups -OCH3 is 1. The topological polar surface area (TPSA) is 69.7 Å². The van der Waals surface area contributed by atoms with Crippen LogP contribution >= 0.6 is 20.7 Å². The molecule has 5 nitrogen and oxygen atoms in total. The molecule has 2 aromatic carbocycles. The van der Waals surface area contributed by atoms with Gasteiger partial charge in [0, 0.05) is 0 Å². The smallest absolute Gasteiger partial charge is 0.321 e. The first-order valence-electron chi connectivity index (χ1n) is 11.4. The van der Waals surface area contributed by atoms with E-state index in [1.807, 2.05) is 6.07 Å². The molecule has 0 radical (unpaired) electrons. The minimum absolute atomic E-state index is 0.199. The van der Waals surface area contributed by atoms with Crippen LogP contribution in [-0.4, -0.2) is 25.5 Å². The van der Waals surface area contributed by atoms with E-state index >= 15 is 0 Å². The van der Waals surface area contributed by atoms with E-state index in [4.69, 9.17) is 25.6 Å². The Labute approximate surface area is 204 Å². The average Bonchev–Trinajstić information content (AvgIpc) is 2.84. The van der Waals surface area contributed by atoms with Gasteiger partial charge in [0.1, 0.15) is 11.7 Å². The lowest BCUT2D eigenvalue weighted by molar-refractivity contribution is -0.144. The van der Waals surface area contributed by atoms with Gasteiger partial charge in [0.25, 0.3) is 0 Å². The minimum atomic E-state index is -1.08. The second-order valence-electron chi connectivity index (χ2n) is 7.67. The van der Waals surface area contributed by atoms with Gasteiger partial charge in [-0.3, -0.25) is 9.59 Å². The number of hydrogen-bond donors (Lipinski definition) is 0. The van der Waals surface area contributed by atoms with Gasteiger partial charge in [0.15, 0.2) is 5.78 Å². The Hall–Kier alpha value is -2.23. The van der Waals surface area contributed by atoms with Gasteiger partial charge in [0.05, 0.1) is 24.3 Å². The molecule has 2 rings (SSSR count). The van der Waals surface area contributed by atoms with Gasteiger partial charge >= 0.3 is 15.1 Å². The van der Waals surface area contributed by atoms with E-state index < -0.39 is 17.7 Å². The highest BCUT2D eigenvalue weighted by Gasteiger charge is 2.33. The largest absolute Gasteiger partial charge is 0.496 e. The van der Waals surface area contributed by atoms with Crippen LogP contribution in [0.5, 0.6) is 5.75 Å². The molecular weight excluding hydrogens is 459 g/mol. The number of Topliss-reactive ketones (excluding diaryl/α,β-unsaturated/α-hetero) is 1. The summed E-state index contributed by atoms with van der Waals surface area (Å²) in [6.45, 7) is 2.52. The number of hydrogen-bond acceptors (Lipinski definition) is 5. The summed E-state index contributed by atoms with van der Waals surface area (Å²) in [5.41, 5.74) is 0.778. The van der Waals surface area contributed by atoms with E-state index in [-0.39, 0.29) is 10.6 Å². The van der Waals surface area contributed by atoms with Gasteiger partial charge in [-0.15, -0.1) is 0 Å². The zero-order valence-electron chi connectivity index (χ0n) is 19.6. The van der Waals surface area contributed by atoms with Crippen LogP contribution in [0.3, 0.4) is 0 Å².